The van der Waals surface area contributed by atoms with Gasteiger partial charge in [0.15, 0.2) is 0 Å². The van der Waals surface area contributed by atoms with Crippen LogP contribution < -0.4 is 5.32 Å². The summed E-state index contributed by atoms with van der Waals surface area (Å²) < 4.78 is 14.6. The summed E-state index contributed by atoms with van der Waals surface area (Å²) in [4.78, 5) is 0. The van der Waals surface area contributed by atoms with Crippen LogP contribution in [-0.4, -0.2) is 13.1 Å². The lowest BCUT2D eigenvalue weighted by Gasteiger charge is -2.28. The molecule has 0 amide bonds. The van der Waals surface area contributed by atoms with Crippen LogP contribution in [0, 0.1) is 11.7 Å². The maximum Gasteiger partial charge on any atom is 0.126 e. The number of halogens is 2. The van der Waals surface area contributed by atoms with Gasteiger partial charge in [0.05, 0.1) is 0 Å². The van der Waals surface area contributed by atoms with E-state index in [9.17, 15) is 4.39 Å². The Morgan fingerprint density at radius 2 is 2.00 bits per heavy atom. The number of benzene rings is 1. The SMILES string of the molecule is CNC1CCC(Cc2cc(Br)ccc2F)CC1. The summed E-state index contributed by atoms with van der Waals surface area (Å²) in [6.07, 6.45) is 5.73. The zero-order chi connectivity index (χ0) is 12.3. The molecule has 0 bridgehead atoms. The van der Waals surface area contributed by atoms with E-state index in [1.54, 1.807) is 12.1 Å². The summed E-state index contributed by atoms with van der Waals surface area (Å²) in [6, 6.07) is 5.90. The highest BCUT2D eigenvalue weighted by Gasteiger charge is 2.21. The topological polar surface area (TPSA) is 12.0 Å². The first kappa shape index (κ1) is 13.0. The summed E-state index contributed by atoms with van der Waals surface area (Å²) in [5, 5.41) is 3.33. The van der Waals surface area contributed by atoms with Gasteiger partial charge in [-0.2, -0.15) is 0 Å². The molecule has 94 valence electrons. The van der Waals surface area contributed by atoms with E-state index in [-0.39, 0.29) is 5.82 Å². The predicted molar refractivity (Wildman–Crippen MR) is 72.6 cm³/mol. The molecule has 0 radical (unpaired) electrons. The predicted octanol–water partition coefficient (Wildman–Crippen LogP) is 3.91. The fraction of sp³-hybridized carbons (Fsp3) is 0.571. The summed E-state index contributed by atoms with van der Waals surface area (Å²) >= 11 is 3.41. The first-order chi connectivity index (χ1) is 8.19. The van der Waals surface area contributed by atoms with Crippen LogP contribution in [-0.2, 0) is 6.42 Å². The van der Waals surface area contributed by atoms with Gasteiger partial charge in [-0.1, -0.05) is 15.9 Å². The highest BCUT2D eigenvalue weighted by molar-refractivity contribution is 9.10. The molecule has 1 N–H and O–H groups in total. The van der Waals surface area contributed by atoms with Crippen molar-refractivity contribution in [3.05, 3.63) is 34.1 Å². The summed E-state index contributed by atoms with van der Waals surface area (Å²) in [6.45, 7) is 0. The Hall–Kier alpha value is -0.410. The maximum absolute atomic E-state index is 13.6. The standard InChI is InChI=1S/C14H19BrFN/c1-17-13-5-2-10(3-6-13)8-11-9-12(15)4-7-14(11)16/h4,7,9-10,13,17H,2-3,5-6,8H2,1H3. The highest BCUT2D eigenvalue weighted by atomic mass is 79.9. The minimum Gasteiger partial charge on any atom is -0.317 e. The fourth-order valence-corrected chi connectivity index (χ4v) is 3.07. The molecule has 1 aromatic rings. The van der Waals surface area contributed by atoms with Gasteiger partial charge >= 0.3 is 0 Å². The molecule has 0 atom stereocenters. The fourth-order valence-electron chi connectivity index (χ4n) is 2.67. The van der Waals surface area contributed by atoms with Crippen LogP contribution in [0.5, 0.6) is 0 Å². The molecule has 0 aromatic heterocycles. The van der Waals surface area contributed by atoms with Crippen LogP contribution in [0.3, 0.4) is 0 Å². The third-order valence-corrected chi connectivity index (χ3v) is 4.26. The van der Waals surface area contributed by atoms with E-state index in [0.29, 0.717) is 12.0 Å². The minimum atomic E-state index is -0.0658. The number of hydrogen-bond acceptors (Lipinski definition) is 1. The average molecular weight is 300 g/mol. The van der Waals surface area contributed by atoms with Gasteiger partial charge in [-0.25, -0.2) is 4.39 Å². The Balaban J connectivity index is 1.95. The zero-order valence-electron chi connectivity index (χ0n) is 10.2. The lowest BCUT2D eigenvalue weighted by molar-refractivity contribution is 0.298. The van der Waals surface area contributed by atoms with Crippen molar-refractivity contribution in [2.75, 3.05) is 7.05 Å². The second-order valence-electron chi connectivity index (χ2n) is 4.95. The van der Waals surface area contributed by atoms with Gasteiger partial charge in [-0.15, -0.1) is 0 Å². The lowest BCUT2D eigenvalue weighted by Crippen LogP contribution is -2.30. The molecule has 1 aromatic carbocycles. The van der Waals surface area contributed by atoms with E-state index in [1.807, 2.05) is 13.1 Å². The zero-order valence-corrected chi connectivity index (χ0v) is 11.8. The molecule has 1 saturated carbocycles. The van der Waals surface area contributed by atoms with Crippen molar-refractivity contribution in [2.45, 2.75) is 38.1 Å². The Morgan fingerprint density at radius 3 is 2.65 bits per heavy atom. The van der Waals surface area contributed by atoms with Crippen LogP contribution in [0.4, 0.5) is 4.39 Å². The van der Waals surface area contributed by atoms with Crippen molar-refractivity contribution < 1.29 is 4.39 Å². The van der Waals surface area contributed by atoms with E-state index in [0.717, 1.165) is 16.5 Å². The van der Waals surface area contributed by atoms with E-state index in [2.05, 4.69) is 21.2 Å². The lowest BCUT2D eigenvalue weighted by atomic mass is 9.82. The molecule has 0 saturated heterocycles. The summed E-state index contributed by atoms with van der Waals surface area (Å²) in [5.74, 6) is 0.576. The molecule has 0 spiro atoms. The molecule has 17 heavy (non-hydrogen) atoms. The summed E-state index contributed by atoms with van der Waals surface area (Å²) in [5.41, 5.74) is 0.854. The number of nitrogens with one attached hydrogen (secondary N) is 1. The third-order valence-electron chi connectivity index (χ3n) is 3.77. The smallest absolute Gasteiger partial charge is 0.126 e. The number of rotatable bonds is 3. The van der Waals surface area contributed by atoms with Crippen molar-refractivity contribution in [3.63, 3.8) is 0 Å². The van der Waals surface area contributed by atoms with Crippen LogP contribution in [0.2, 0.25) is 0 Å². The van der Waals surface area contributed by atoms with E-state index in [4.69, 9.17) is 0 Å². The molecule has 1 aliphatic carbocycles. The molecule has 1 aliphatic rings. The van der Waals surface area contributed by atoms with Gasteiger partial charge in [0, 0.05) is 10.5 Å². The van der Waals surface area contributed by atoms with Gasteiger partial charge in [0.25, 0.3) is 0 Å². The Labute approximate surface area is 111 Å². The average Bonchev–Trinajstić information content (AvgIpc) is 2.35. The van der Waals surface area contributed by atoms with Crippen LogP contribution in [0.25, 0.3) is 0 Å². The molecule has 0 aliphatic heterocycles. The largest absolute Gasteiger partial charge is 0.317 e. The minimum absolute atomic E-state index is 0.0658. The van der Waals surface area contributed by atoms with Crippen LogP contribution >= 0.6 is 15.9 Å². The van der Waals surface area contributed by atoms with Crippen molar-refractivity contribution in [2.24, 2.45) is 5.92 Å². The van der Waals surface area contributed by atoms with Gasteiger partial charge in [-0.3, -0.25) is 0 Å². The van der Waals surface area contributed by atoms with E-state index in [1.165, 1.54) is 25.7 Å². The van der Waals surface area contributed by atoms with Crippen molar-refractivity contribution in [3.8, 4) is 0 Å². The van der Waals surface area contributed by atoms with Crippen LogP contribution in [0.1, 0.15) is 31.2 Å². The van der Waals surface area contributed by atoms with Crippen molar-refractivity contribution in [1.29, 1.82) is 0 Å². The summed E-state index contributed by atoms with van der Waals surface area (Å²) in [7, 11) is 2.03. The molecule has 0 heterocycles. The molecule has 0 unspecified atom stereocenters. The second kappa shape index (κ2) is 5.96. The third kappa shape index (κ3) is 3.52. The first-order valence-electron chi connectivity index (χ1n) is 6.30. The highest BCUT2D eigenvalue weighted by Crippen LogP contribution is 2.28. The quantitative estimate of drug-likeness (QED) is 0.892. The molecular weight excluding hydrogens is 281 g/mol. The molecule has 1 fully saturated rings. The van der Waals surface area contributed by atoms with E-state index < -0.39 is 0 Å². The van der Waals surface area contributed by atoms with Gasteiger partial charge in [0.2, 0.25) is 0 Å². The van der Waals surface area contributed by atoms with Crippen molar-refractivity contribution >= 4 is 15.9 Å². The molecular formula is C14H19BrFN. The van der Waals surface area contributed by atoms with Gasteiger partial charge in [-0.05, 0) is 68.8 Å². The number of hydrogen-bond donors (Lipinski definition) is 1. The van der Waals surface area contributed by atoms with Crippen molar-refractivity contribution in [1.82, 2.24) is 5.32 Å². The Morgan fingerprint density at radius 1 is 1.29 bits per heavy atom. The Kier molecular flexibility index (Phi) is 4.57. The monoisotopic (exact) mass is 299 g/mol. The van der Waals surface area contributed by atoms with Gasteiger partial charge in [0.1, 0.15) is 5.82 Å². The van der Waals surface area contributed by atoms with Crippen LogP contribution in [0.15, 0.2) is 22.7 Å². The second-order valence-corrected chi connectivity index (χ2v) is 5.86. The molecule has 2 rings (SSSR count). The van der Waals surface area contributed by atoms with Gasteiger partial charge < -0.3 is 5.32 Å². The normalized spacial score (nSPS) is 24.9. The first-order valence-corrected chi connectivity index (χ1v) is 7.09. The Bertz CT molecular complexity index is 372. The maximum atomic E-state index is 13.6. The van der Waals surface area contributed by atoms with E-state index >= 15 is 0 Å². The molecule has 3 heteroatoms. The molecule has 1 nitrogen and oxygen atoms in total.